The van der Waals surface area contributed by atoms with E-state index in [4.69, 9.17) is 0 Å². The molecule has 0 bridgehead atoms. The van der Waals surface area contributed by atoms with Gasteiger partial charge in [0.05, 0.1) is 0 Å². The van der Waals surface area contributed by atoms with Gasteiger partial charge in [-0.1, -0.05) is 27.7 Å². The molecule has 1 aliphatic rings. The summed E-state index contributed by atoms with van der Waals surface area (Å²) in [4.78, 5) is 2.38. The summed E-state index contributed by atoms with van der Waals surface area (Å²) >= 11 is 0. The molecule has 0 aliphatic carbocycles. The highest BCUT2D eigenvalue weighted by molar-refractivity contribution is 5.57. The average molecular weight is 211 g/mol. The molecule has 0 fully saturated rings. The molecule has 3 heteroatoms. The molecule has 1 rings (SSSR count). The van der Waals surface area contributed by atoms with Crippen molar-refractivity contribution in [1.29, 1.82) is 0 Å². The lowest BCUT2D eigenvalue weighted by atomic mass is 10.1. The molecular formula is C12H25N3. The monoisotopic (exact) mass is 211 g/mol. The van der Waals surface area contributed by atoms with Crippen LogP contribution in [0.1, 0.15) is 47.0 Å². The molecule has 1 aliphatic heterocycles. The van der Waals surface area contributed by atoms with Crippen LogP contribution in [0.25, 0.3) is 0 Å². The summed E-state index contributed by atoms with van der Waals surface area (Å²) in [5.41, 5.74) is 0. The van der Waals surface area contributed by atoms with Gasteiger partial charge in [0.25, 0.3) is 0 Å². The van der Waals surface area contributed by atoms with Crippen LogP contribution in [0.2, 0.25) is 0 Å². The predicted molar refractivity (Wildman–Crippen MR) is 65.7 cm³/mol. The molecule has 1 atom stereocenters. The van der Waals surface area contributed by atoms with Crippen molar-refractivity contribution in [3.05, 3.63) is 0 Å². The minimum absolute atomic E-state index is 0.505. The summed E-state index contributed by atoms with van der Waals surface area (Å²) < 4.78 is 0. The Morgan fingerprint density at radius 2 is 1.87 bits per heavy atom. The molecule has 15 heavy (non-hydrogen) atoms. The Balaban J connectivity index is 2.55. The summed E-state index contributed by atoms with van der Waals surface area (Å²) in [5.74, 6) is 0.732. The first-order chi connectivity index (χ1) is 7.19. The summed E-state index contributed by atoms with van der Waals surface area (Å²) in [6.45, 7) is 11.2. The molecule has 0 saturated carbocycles. The number of hydrogen-bond acceptors (Lipinski definition) is 3. The average Bonchev–Trinajstić information content (AvgIpc) is 2.51. The first-order valence-electron chi connectivity index (χ1n) is 6.25. The van der Waals surface area contributed by atoms with Crippen molar-refractivity contribution in [3.63, 3.8) is 0 Å². The third-order valence-electron chi connectivity index (χ3n) is 2.69. The van der Waals surface area contributed by atoms with Gasteiger partial charge in [-0.05, 0) is 25.2 Å². The first-order valence-corrected chi connectivity index (χ1v) is 6.25. The van der Waals surface area contributed by atoms with Gasteiger partial charge >= 0.3 is 0 Å². The largest absolute Gasteiger partial charge is 0.339 e. The molecule has 0 amide bonds. The molecule has 0 aromatic rings. The van der Waals surface area contributed by atoms with E-state index in [-0.39, 0.29) is 0 Å². The smallest absolute Gasteiger partial charge is 0.119 e. The summed E-state index contributed by atoms with van der Waals surface area (Å²) in [6.07, 6.45) is 6.10. The van der Waals surface area contributed by atoms with Crippen LogP contribution in [0.15, 0.2) is 5.10 Å². The van der Waals surface area contributed by atoms with Gasteiger partial charge in [-0.2, -0.15) is 5.10 Å². The topological polar surface area (TPSA) is 18.8 Å². The van der Waals surface area contributed by atoms with Crippen molar-refractivity contribution < 1.29 is 0 Å². The molecule has 0 saturated heterocycles. The predicted octanol–water partition coefficient (Wildman–Crippen LogP) is 2.74. The highest BCUT2D eigenvalue weighted by atomic mass is 15.6. The lowest BCUT2D eigenvalue weighted by Crippen LogP contribution is -2.41. The Bertz CT molecular complexity index is 185. The van der Waals surface area contributed by atoms with Gasteiger partial charge in [-0.3, -0.25) is 5.01 Å². The van der Waals surface area contributed by atoms with Crippen LogP contribution in [0.4, 0.5) is 0 Å². The lowest BCUT2D eigenvalue weighted by molar-refractivity contribution is 0.110. The SMILES string of the molecule is CCCN1C=NN(CCC)C1CC(C)C. The minimum Gasteiger partial charge on any atom is -0.339 e. The van der Waals surface area contributed by atoms with Crippen molar-refractivity contribution in [2.75, 3.05) is 13.1 Å². The Labute approximate surface area is 94.1 Å². The summed E-state index contributed by atoms with van der Waals surface area (Å²) in [7, 11) is 0. The first kappa shape index (κ1) is 12.3. The van der Waals surface area contributed by atoms with E-state index >= 15 is 0 Å². The van der Waals surface area contributed by atoms with Crippen LogP contribution in [0, 0.1) is 5.92 Å². The van der Waals surface area contributed by atoms with Crippen molar-refractivity contribution in [1.82, 2.24) is 9.91 Å². The zero-order valence-corrected chi connectivity index (χ0v) is 10.6. The highest BCUT2D eigenvalue weighted by Gasteiger charge is 2.26. The van der Waals surface area contributed by atoms with Gasteiger partial charge in [0, 0.05) is 13.1 Å². The fourth-order valence-electron chi connectivity index (χ4n) is 2.04. The van der Waals surface area contributed by atoms with E-state index in [1.54, 1.807) is 0 Å². The third kappa shape index (κ3) is 3.40. The van der Waals surface area contributed by atoms with Crippen molar-refractivity contribution in [2.24, 2.45) is 11.0 Å². The molecule has 1 unspecified atom stereocenters. The second-order valence-corrected chi connectivity index (χ2v) is 4.74. The van der Waals surface area contributed by atoms with Gasteiger partial charge in [0.15, 0.2) is 0 Å². The quantitative estimate of drug-likeness (QED) is 0.672. The maximum atomic E-state index is 4.49. The number of hydrogen-bond donors (Lipinski definition) is 0. The van der Waals surface area contributed by atoms with Crippen LogP contribution in [0.5, 0.6) is 0 Å². The summed E-state index contributed by atoms with van der Waals surface area (Å²) in [6, 6.07) is 0. The lowest BCUT2D eigenvalue weighted by Gasteiger charge is -2.31. The molecule has 3 nitrogen and oxygen atoms in total. The normalized spacial score (nSPS) is 20.7. The maximum absolute atomic E-state index is 4.49. The Hall–Kier alpha value is -0.730. The van der Waals surface area contributed by atoms with Gasteiger partial charge < -0.3 is 4.90 Å². The zero-order valence-electron chi connectivity index (χ0n) is 10.6. The van der Waals surface area contributed by atoms with E-state index in [0.29, 0.717) is 6.17 Å². The molecule has 0 radical (unpaired) electrons. The second kappa shape index (κ2) is 5.99. The van der Waals surface area contributed by atoms with Crippen LogP contribution in [-0.4, -0.2) is 35.5 Å². The molecule has 0 aromatic heterocycles. The van der Waals surface area contributed by atoms with Gasteiger partial charge in [0.2, 0.25) is 0 Å². The van der Waals surface area contributed by atoms with E-state index < -0.39 is 0 Å². The van der Waals surface area contributed by atoms with Crippen molar-refractivity contribution in [2.45, 2.75) is 53.1 Å². The zero-order chi connectivity index (χ0) is 11.3. The van der Waals surface area contributed by atoms with Crippen LogP contribution in [-0.2, 0) is 0 Å². The molecule has 0 N–H and O–H groups in total. The van der Waals surface area contributed by atoms with Crippen molar-refractivity contribution in [3.8, 4) is 0 Å². The van der Waals surface area contributed by atoms with E-state index in [0.717, 1.165) is 19.0 Å². The van der Waals surface area contributed by atoms with E-state index in [9.17, 15) is 0 Å². The van der Waals surface area contributed by atoms with E-state index in [2.05, 4.69) is 42.7 Å². The fourth-order valence-corrected chi connectivity index (χ4v) is 2.04. The molecule has 88 valence electrons. The number of nitrogens with zero attached hydrogens (tertiary/aromatic N) is 3. The fraction of sp³-hybridized carbons (Fsp3) is 0.917. The summed E-state index contributed by atoms with van der Waals surface area (Å²) in [5, 5.41) is 6.74. The van der Waals surface area contributed by atoms with Crippen LogP contribution < -0.4 is 0 Å². The Morgan fingerprint density at radius 1 is 1.20 bits per heavy atom. The Morgan fingerprint density at radius 3 is 2.40 bits per heavy atom. The molecule has 0 aromatic carbocycles. The highest BCUT2D eigenvalue weighted by Crippen LogP contribution is 2.20. The molecule has 1 heterocycles. The molecular weight excluding hydrogens is 186 g/mol. The van der Waals surface area contributed by atoms with Gasteiger partial charge in [-0.25, -0.2) is 0 Å². The van der Waals surface area contributed by atoms with Gasteiger partial charge in [0.1, 0.15) is 12.5 Å². The molecule has 0 spiro atoms. The second-order valence-electron chi connectivity index (χ2n) is 4.74. The number of hydrazone groups is 1. The standard InChI is InChI=1S/C12H25N3/c1-5-7-14-10-13-15(8-6-2)12(14)9-11(3)4/h10-12H,5-9H2,1-4H3. The van der Waals surface area contributed by atoms with Crippen LogP contribution >= 0.6 is 0 Å². The van der Waals surface area contributed by atoms with Crippen molar-refractivity contribution >= 4 is 6.34 Å². The number of rotatable bonds is 6. The maximum Gasteiger partial charge on any atom is 0.119 e. The van der Waals surface area contributed by atoms with E-state index in [1.807, 2.05) is 6.34 Å². The van der Waals surface area contributed by atoms with Crippen LogP contribution in [0.3, 0.4) is 0 Å². The minimum atomic E-state index is 0.505. The Kier molecular flexibility index (Phi) is 4.92. The van der Waals surface area contributed by atoms with E-state index in [1.165, 1.54) is 19.3 Å². The van der Waals surface area contributed by atoms with Gasteiger partial charge in [-0.15, -0.1) is 0 Å². The third-order valence-corrected chi connectivity index (χ3v) is 2.69.